The molecule has 0 aliphatic heterocycles. The van der Waals surface area contributed by atoms with Crippen LogP contribution >= 0.6 is 11.3 Å². The maximum Gasteiger partial charge on any atom is 0.573 e. The molecule has 0 radical (unpaired) electrons. The summed E-state index contributed by atoms with van der Waals surface area (Å²) in [5, 5.41) is 5.26. The average Bonchev–Trinajstić information content (AvgIpc) is 3.11. The maximum absolute atomic E-state index is 12.5. The van der Waals surface area contributed by atoms with Crippen molar-refractivity contribution in [3.63, 3.8) is 0 Å². The number of rotatable bonds is 7. The number of nitrogens with one attached hydrogen (secondary N) is 1. The Morgan fingerprint density at radius 2 is 2.00 bits per heavy atom. The van der Waals surface area contributed by atoms with Crippen LogP contribution in [0.25, 0.3) is 6.08 Å². The number of carbonyl (C=O) groups excluding carboxylic acids is 1. The average molecular weight is 434 g/mol. The van der Waals surface area contributed by atoms with E-state index in [1.54, 1.807) is 35.6 Å². The van der Waals surface area contributed by atoms with Crippen LogP contribution in [0.2, 0.25) is 0 Å². The number of carbonyl (C=O) groups is 1. The van der Waals surface area contributed by atoms with E-state index >= 15 is 0 Å². The molecule has 0 bridgehead atoms. The molecular weight excluding hydrogens is 417 g/mol. The molecule has 3 rings (SSSR count). The summed E-state index contributed by atoms with van der Waals surface area (Å²) in [4.78, 5) is 16.5. The summed E-state index contributed by atoms with van der Waals surface area (Å²) in [6.07, 6.45) is -2.11. The number of thiazole rings is 1. The Bertz CT molecular complexity index is 1050. The van der Waals surface area contributed by atoms with E-state index in [4.69, 9.17) is 4.74 Å². The van der Waals surface area contributed by atoms with Crippen molar-refractivity contribution in [2.75, 3.05) is 5.32 Å². The summed E-state index contributed by atoms with van der Waals surface area (Å²) in [6.45, 7) is 2.24. The van der Waals surface area contributed by atoms with Crippen molar-refractivity contribution < 1.29 is 27.4 Å². The normalized spacial score (nSPS) is 11.5. The number of alkyl halides is 3. The SMILES string of the molecule is Cc1nc(COc2cccc(/C=C\C(=O)Nc3ccccc3OC(F)(F)F)c2)cs1. The van der Waals surface area contributed by atoms with E-state index in [0.717, 1.165) is 16.8 Å². The summed E-state index contributed by atoms with van der Waals surface area (Å²) < 4.78 is 47.0. The second kappa shape index (κ2) is 9.45. The maximum atomic E-state index is 12.5. The smallest absolute Gasteiger partial charge is 0.487 e. The van der Waals surface area contributed by atoms with Crippen LogP contribution in [0.4, 0.5) is 18.9 Å². The van der Waals surface area contributed by atoms with Crippen molar-refractivity contribution in [2.24, 2.45) is 0 Å². The molecule has 0 saturated heterocycles. The zero-order chi connectivity index (χ0) is 21.6. The van der Waals surface area contributed by atoms with E-state index in [0.29, 0.717) is 17.9 Å². The van der Waals surface area contributed by atoms with Crippen molar-refractivity contribution in [3.05, 3.63) is 76.3 Å². The summed E-state index contributed by atoms with van der Waals surface area (Å²) in [5.41, 5.74) is 1.44. The minimum absolute atomic E-state index is 0.0832. The third-order valence-electron chi connectivity index (χ3n) is 3.71. The minimum Gasteiger partial charge on any atom is -0.487 e. The third kappa shape index (κ3) is 6.63. The van der Waals surface area contributed by atoms with Crippen LogP contribution in [0, 0.1) is 6.92 Å². The molecule has 0 saturated carbocycles. The lowest BCUT2D eigenvalue weighted by Gasteiger charge is -2.13. The number of amides is 1. The number of anilines is 1. The van der Waals surface area contributed by atoms with Gasteiger partial charge in [-0.2, -0.15) is 0 Å². The quantitative estimate of drug-likeness (QED) is 0.493. The van der Waals surface area contributed by atoms with E-state index in [9.17, 15) is 18.0 Å². The molecule has 1 amide bonds. The molecule has 0 aliphatic carbocycles. The van der Waals surface area contributed by atoms with Crippen molar-refractivity contribution >= 4 is 29.0 Å². The molecule has 1 aromatic heterocycles. The first kappa shape index (κ1) is 21.4. The molecule has 3 aromatic rings. The molecule has 0 aliphatic rings. The zero-order valence-electron chi connectivity index (χ0n) is 15.8. The molecule has 1 heterocycles. The fraction of sp³-hybridized carbons (Fsp3) is 0.143. The largest absolute Gasteiger partial charge is 0.573 e. The van der Waals surface area contributed by atoms with Gasteiger partial charge < -0.3 is 14.8 Å². The number of ether oxygens (including phenoxy) is 2. The van der Waals surface area contributed by atoms with Gasteiger partial charge in [0.25, 0.3) is 0 Å². The van der Waals surface area contributed by atoms with E-state index in [1.165, 1.54) is 30.4 Å². The lowest BCUT2D eigenvalue weighted by molar-refractivity contribution is -0.274. The van der Waals surface area contributed by atoms with Gasteiger partial charge in [-0.05, 0) is 42.8 Å². The van der Waals surface area contributed by atoms with Crippen LogP contribution in [0.15, 0.2) is 60.0 Å². The molecule has 1 N–H and O–H groups in total. The highest BCUT2D eigenvalue weighted by Crippen LogP contribution is 2.30. The molecular formula is C21H17F3N2O3S. The van der Waals surface area contributed by atoms with E-state index in [2.05, 4.69) is 15.0 Å². The predicted octanol–water partition coefficient (Wildman–Crippen LogP) is 5.58. The van der Waals surface area contributed by atoms with Crippen LogP contribution in [0.5, 0.6) is 11.5 Å². The fourth-order valence-corrected chi connectivity index (χ4v) is 3.07. The van der Waals surface area contributed by atoms with Gasteiger partial charge in [0.1, 0.15) is 12.4 Å². The van der Waals surface area contributed by atoms with Gasteiger partial charge in [0, 0.05) is 11.5 Å². The van der Waals surface area contributed by atoms with E-state index in [-0.39, 0.29) is 5.69 Å². The lowest BCUT2D eigenvalue weighted by atomic mass is 10.2. The second-order valence-electron chi connectivity index (χ2n) is 6.09. The van der Waals surface area contributed by atoms with Crippen LogP contribution in [-0.4, -0.2) is 17.3 Å². The van der Waals surface area contributed by atoms with Gasteiger partial charge in [0.05, 0.1) is 16.4 Å². The molecule has 9 heteroatoms. The summed E-state index contributed by atoms with van der Waals surface area (Å²) >= 11 is 1.54. The fourth-order valence-electron chi connectivity index (χ4n) is 2.47. The molecule has 0 atom stereocenters. The lowest BCUT2D eigenvalue weighted by Crippen LogP contribution is -2.19. The van der Waals surface area contributed by atoms with Gasteiger partial charge in [0.2, 0.25) is 5.91 Å². The first-order valence-corrected chi connectivity index (χ1v) is 9.64. The Kier molecular flexibility index (Phi) is 6.73. The van der Waals surface area contributed by atoms with Gasteiger partial charge in [-0.15, -0.1) is 24.5 Å². The van der Waals surface area contributed by atoms with Crippen LogP contribution in [0.1, 0.15) is 16.3 Å². The van der Waals surface area contributed by atoms with Crippen molar-refractivity contribution in [1.29, 1.82) is 0 Å². The number of nitrogens with zero attached hydrogens (tertiary/aromatic N) is 1. The summed E-state index contributed by atoms with van der Waals surface area (Å²) in [5.74, 6) is -0.482. The van der Waals surface area contributed by atoms with Gasteiger partial charge in [0.15, 0.2) is 5.75 Å². The van der Waals surface area contributed by atoms with Crippen LogP contribution < -0.4 is 14.8 Å². The highest BCUT2D eigenvalue weighted by molar-refractivity contribution is 7.09. The Labute approximate surface area is 174 Å². The minimum atomic E-state index is -4.85. The molecule has 30 heavy (non-hydrogen) atoms. The molecule has 0 fully saturated rings. The van der Waals surface area contributed by atoms with Crippen molar-refractivity contribution in [1.82, 2.24) is 4.98 Å². The summed E-state index contributed by atoms with van der Waals surface area (Å²) in [7, 11) is 0. The third-order valence-corrected chi connectivity index (χ3v) is 4.53. The van der Waals surface area contributed by atoms with E-state index in [1.807, 2.05) is 12.3 Å². The zero-order valence-corrected chi connectivity index (χ0v) is 16.6. The van der Waals surface area contributed by atoms with Crippen molar-refractivity contribution in [3.8, 4) is 11.5 Å². The number of hydrogen-bond donors (Lipinski definition) is 1. The topological polar surface area (TPSA) is 60.5 Å². The van der Waals surface area contributed by atoms with Crippen LogP contribution in [-0.2, 0) is 11.4 Å². The number of aryl methyl sites for hydroxylation is 1. The van der Waals surface area contributed by atoms with Gasteiger partial charge in [-0.25, -0.2) is 4.98 Å². The number of benzene rings is 2. The molecule has 0 unspecified atom stereocenters. The van der Waals surface area contributed by atoms with Crippen LogP contribution in [0.3, 0.4) is 0 Å². The Hall–Kier alpha value is -3.33. The molecule has 5 nitrogen and oxygen atoms in total. The van der Waals surface area contributed by atoms with Gasteiger partial charge in [-0.3, -0.25) is 4.79 Å². The summed E-state index contributed by atoms with van der Waals surface area (Å²) in [6, 6.07) is 12.4. The van der Waals surface area contributed by atoms with Crippen molar-refractivity contribution in [2.45, 2.75) is 19.9 Å². The number of para-hydroxylation sites is 2. The Morgan fingerprint density at radius 3 is 2.73 bits per heavy atom. The van der Waals surface area contributed by atoms with Gasteiger partial charge in [-0.1, -0.05) is 24.3 Å². The number of aromatic nitrogens is 1. The van der Waals surface area contributed by atoms with Gasteiger partial charge >= 0.3 is 6.36 Å². The molecule has 0 spiro atoms. The van der Waals surface area contributed by atoms with E-state index < -0.39 is 18.0 Å². The Morgan fingerprint density at radius 1 is 1.20 bits per heavy atom. The second-order valence-corrected chi connectivity index (χ2v) is 7.15. The molecule has 2 aromatic carbocycles. The molecule has 156 valence electrons. The first-order valence-electron chi connectivity index (χ1n) is 8.76. The predicted molar refractivity (Wildman–Crippen MR) is 108 cm³/mol. The Balaban J connectivity index is 1.61. The monoisotopic (exact) mass is 434 g/mol. The number of hydrogen-bond acceptors (Lipinski definition) is 5. The highest BCUT2D eigenvalue weighted by atomic mass is 32.1. The standard InChI is InChI=1S/C21H17F3N2O3S/c1-14-25-16(13-30-14)12-28-17-6-4-5-15(11-17)9-10-20(27)26-18-7-2-3-8-19(18)29-21(22,23)24/h2-11,13H,12H2,1H3,(H,26,27)/b10-9-. The first-order chi connectivity index (χ1) is 14.3. The number of halogens is 3. The highest BCUT2D eigenvalue weighted by Gasteiger charge is 2.32.